The van der Waals surface area contributed by atoms with E-state index in [1.807, 2.05) is 27.7 Å². The lowest BCUT2D eigenvalue weighted by Crippen LogP contribution is -2.28. The number of rotatable bonds is 3. The van der Waals surface area contributed by atoms with Crippen molar-refractivity contribution in [1.29, 1.82) is 0 Å². The van der Waals surface area contributed by atoms with Crippen LogP contribution >= 0.6 is 0 Å². The van der Waals surface area contributed by atoms with Gasteiger partial charge in [0, 0.05) is 24.7 Å². The fourth-order valence-corrected chi connectivity index (χ4v) is 3.18. The third kappa shape index (κ3) is 3.51. The van der Waals surface area contributed by atoms with Crippen molar-refractivity contribution in [3.63, 3.8) is 0 Å². The minimum absolute atomic E-state index is 0.182. The first kappa shape index (κ1) is 18.2. The van der Waals surface area contributed by atoms with Crippen LogP contribution in [-0.2, 0) is 15.4 Å². The number of sulfone groups is 1. The Kier molecular flexibility index (Phi) is 4.59. The molecular weight excluding hydrogens is 326 g/mol. The van der Waals surface area contributed by atoms with Crippen LogP contribution in [0.25, 0.3) is 0 Å². The van der Waals surface area contributed by atoms with E-state index in [1.165, 1.54) is 17.0 Å². The van der Waals surface area contributed by atoms with Crippen molar-refractivity contribution in [2.45, 2.75) is 38.1 Å². The molecule has 1 aromatic heterocycles. The molecule has 0 saturated heterocycles. The maximum Gasteiger partial charge on any atom is 0.261 e. The molecule has 0 fully saturated rings. The van der Waals surface area contributed by atoms with Gasteiger partial charge in [0.25, 0.3) is 5.91 Å². The first-order valence-electron chi connectivity index (χ1n) is 7.56. The molecule has 0 bridgehead atoms. The van der Waals surface area contributed by atoms with Crippen molar-refractivity contribution in [2.24, 2.45) is 0 Å². The molecule has 130 valence electrons. The molecule has 0 spiro atoms. The van der Waals surface area contributed by atoms with Gasteiger partial charge in [-0.05, 0) is 45.9 Å². The first-order valence-corrected chi connectivity index (χ1v) is 9.45. The highest BCUT2D eigenvalue weighted by atomic mass is 32.2. The largest absolute Gasteiger partial charge is 0.311 e. The van der Waals surface area contributed by atoms with E-state index in [9.17, 15) is 13.2 Å². The normalized spacial score (nSPS) is 12.2. The highest BCUT2D eigenvalue weighted by Gasteiger charge is 2.24. The lowest BCUT2D eigenvalue weighted by molar-refractivity contribution is 0.0992. The molecule has 24 heavy (non-hydrogen) atoms. The van der Waals surface area contributed by atoms with E-state index in [-0.39, 0.29) is 16.3 Å². The lowest BCUT2D eigenvalue weighted by Gasteiger charge is -2.22. The molecule has 2 rings (SSSR count). The van der Waals surface area contributed by atoms with E-state index in [0.717, 1.165) is 11.9 Å². The number of benzene rings is 1. The zero-order valence-electron chi connectivity index (χ0n) is 14.9. The predicted octanol–water partition coefficient (Wildman–Crippen LogP) is 2.63. The van der Waals surface area contributed by atoms with Gasteiger partial charge in [-0.3, -0.25) is 9.48 Å². The van der Waals surface area contributed by atoms with Crippen molar-refractivity contribution in [1.82, 2.24) is 9.78 Å². The van der Waals surface area contributed by atoms with E-state index in [1.54, 1.807) is 30.1 Å². The zero-order valence-corrected chi connectivity index (χ0v) is 15.7. The number of hydrogen-bond donors (Lipinski definition) is 0. The molecule has 0 aliphatic heterocycles. The number of hydrogen-bond acceptors (Lipinski definition) is 4. The minimum atomic E-state index is -3.33. The third-order valence-electron chi connectivity index (χ3n) is 3.81. The van der Waals surface area contributed by atoms with Crippen molar-refractivity contribution in [2.75, 3.05) is 18.2 Å². The molecule has 7 heteroatoms. The molecule has 0 N–H and O–H groups in total. The SMILES string of the molecule is Cc1c(C(=O)N(C)c2cccc(S(C)(=O)=O)c2)cnn1C(C)(C)C. The zero-order chi connectivity index (χ0) is 18.3. The van der Waals surface area contributed by atoms with Gasteiger partial charge in [-0.15, -0.1) is 0 Å². The van der Waals surface area contributed by atoms with Gasteiger partial charge in [0.05, 0.1) is 22.2 Å². The van der Waals surface area contributed by atoms with Gasteiger partial charge >= 0.3 is 0 Å². The standard InChI is InChI=1S/C17H23N3O3S/c1-12-15(11-18-20(12)17(2,3)4)16(21)19(5)13-8-7-9-14(10-13)24(6,22)23/h7-11H,1-6H3. The third-order valence-corrected chi connectivity index (χ3v) is 4.92. The number of aromatic nitrogens is 2. The molecule has 1 heterocycles. The Bertz CT molecular complexity index is 877. The quantitative estimate of drug-likeness (QED) is 0.854. The number of carbonyl (C=O) groups excluding carboxylic acids is 1. The number of anilines is 1. The molecule has 0 radical (unpaired) electrons. The van der Waals surface area contributed by atoms with Gasteiger partial charge in [0.2, 0.25) is 0 Å². The molecule has 1 amide bonds. The second kappa shape index (κ2) is 6.05. The van der Waals surface area contributed by atoms with Crippen LogP contribution in [0, 0.1) is 6.92 Å². The molecule has 2 aromatic rings. The Morgan fingerprint density at radius 2 is 1.88 bits per heavy atom. The molecule has 0 aliphatic carbocycles. The molecule has 0 atom stereocenters. The highest BCUT2D eigenvalue weighted by Crippen LogP contribution is 2.23. The van der Waals surface area contributed by atoms with Crippen molar-refractivity contribution in [3.8, 4) is 0 Å². The van der Waals surface area contributed by atoms with Crippen LogP contribution in [0.2, 0.25) is 0 Å². The Morgan fingerprint density at radius 3 is 2.38 bits per heavy atom. The average molecular weight is 349 g/mol. The Balaban J connectivity index is 2.40. The lowest BCUT2D eigenvalue weighted by atomic mass is 10.1. The topological polar surface area (TPSA) is 72.3 Å². The average Bonchev–Trinajstić information content (AvgIpc) is 2.86. The Morgan fingerprint density at radius 1 is 1.25 bits per heavy atom. The van der Waals surface area contributed by atoms with Crippen LogP contribution in [-0.4, -0.2) is 37.4 Å². The van der Waals surface area contributed by atoms with Crippen LogP contribution in [0.4, 0.5) is 5.69 Å². The minimum Gasteiger partial charge on any atom is -0.311 e. The summed E-state index contributed by atoms with van der Waals surface area (Å²) in [6.45, 7) is 7.90. The van der Waals surface area contributed by atoms with E-state index >= 15 is 0 Å². The number of nitrogens with zero attached hydrogens (tertiary/aromatic N) is 3. The molecular formula is C17H23N3O3S. The molecule has 0 unspecified atom stereocenters. The fraction of sp³-hybridized carbons (Fsp3) is 0.412. The molecule has 0 saturated carbocycles. The first-order chi connectivity index (χ1) is 10.9. The summed E-state index contributed by atoms with van der Waals surface area (Å²) < 4.78 is 25.2. The van der Waals surface area contributed by atoms with Gasteiger partial charge in [-0.1, -0.05) is 6.07 Å². The Labute approximate surface area is 143 Å². The van der Waals surface area contributed by atoms with E-state index in [0.29, 0.717) is 11.3 Å². The predicted molar refractivity (Wildman–Crippen MR) is 94.2 cm³/mol. The van der Waals surface area contributed by atoms with Gasteiger partial charge in [-0.25, -0.2) is 8.42 Å². The van der Waals surface area contributed by atoms with Crippen LogP contribution in [0.15, 0.2) is 35.4 Å². The summed E-state index contributed by atoms with van der Waals surface area (Å²) in [5, 5.41) is 4.31. The molecule has 0 aliphatic rings. The molecule has 6 nitrogen and oxygen atoms in total. The van der Waals surface area contributed by atoms with Crippen molar-refractivity contribution < 1.29 is 13.2 Å². The monoisotopic (exact) mass is 349 g/mol. The number of carbonyl (C=O) groups is 1. The summed E-state index contributed by atoms with van der Waals surface area (Å²) in [5.41, 5.74) is 1.57. The van der Waals surface area contributed by atoms with Crippen LogP contribution < -0.4 is 4.90 Å². The van der Waals surface area contributed by atoms with Crippen molar-refractivity contribution >= 4 is 21.4 Å². The summed E-state index contributed by atoms with van der Waals surface area (Å²) >= 11 is 0. The molecule has 1 aromatic carbocycles. The Hall–Kier alpha value is -2.15. The fourth-order valence-electron chi connectivity index (χ4n) is 2.52. The maximum absolute atomic E-state index is 12.8. The second-order valence-corrected chi connectivity index (χ2v) is 8.88. The summed E-state index contributed by atoms with van der Waals surface area (Å²) in [5.74, 6) is -0.228. The van der Waals surface area contributed by atoms with E-state index < -0.39 is 9.84 Å². The van der Waals surface area contributed by atoms with Crippen LogP contribution in [0.5, 0.6) is 0 Å². The highest BCUT2D eigenvalue weighted by molar-refractivity contribution is 7.90. The van der Waals surface area contributed by atoms with Crippen LogP contribution in [0.1, 0.15) is 36.8 Å². The smallest absolute Gasteiger partial charge is 0.261 e. The van der Waals surface area contributed by atoms with Gasteiger partial charge in [0.15, 0.2) is 9.84 Å². The van der Waals surface area contributed by atoms with E-state index in [4.69, 9.17) is 0 Å². The van der Waals surface area contributed by atoms with Gasteiger partial charge in [0.1, 0.15) is 0 Å². The van der Waals surface area contributed by atoms with Gasteiger partial charge in [-0.2, -0.15) is 5.10 Å². The summed E-state index contributed by atoms with van der Waals surface area (Å²) in [7, 11) is -1.70. The van der Waals surface area contributed by atoms with Crippen molar-refractivity contribution in [3.05, 3.63) is 41.7 Å². The summed E-state index contributed by atoms with van der Waals surface area (Å²) in [6.07, 6.45) is 2.70. The van der Waals surface area contributed by atoms with E-state index in [2.05, 4.69) is 5.10 Å². The van der Waals surface area contributed by atoms with Gasteiger partial charge < -0.3 is 4.90 Å². The summed E-state index contributed by atoms with van der Waals surface area (Å²) in [6, 6.07) is 6.34. The number of amides is 1. The summed E-state index contributed by atoms with van der Waals surface area (Å²) in [4.78, 5) is 14.4. The second-order valence-electron chi connectivity index (χ2n) is 6.86. The maximum atomic E-state index is 12.8. The van der Waals surface area contributed by atoms with Crippen LogP contribution in [0.3, 0.4) is 0 Å².